The zero-order chi connectivity index (χ0) is 17.7. The van der Waals surface area contributed by atoms with Gasteiger partial charge in [0.2, 0.25) is 10.0 Å². The molecule has 0 atom stereocenters. The van der Waals surface area contributed by atoms with E-state index in [-0.39, 0.29) is 23.5 Å². The Kier molecular flexibility index (Phi) is 5.63. The number of carbonyl (C=O) groups excluding carboxylic acids is 1. The molecule has 0 heterocycles. The first-order chi connectivity index (χ1) is 11.3. The van der Waals surface area contributed by atoms with Gasteiger partial charge in [-0.2, -0.15) is 0 Å². The highest BCUT2D eigenvalue weighted by Gasteiger charge is 2.13. The summed E-state index contributed by atoms with van der Waals surface area (Å²) in [6.07, 6.45) is 0. The van der Waals surface area contributed by atoms with Crippen LogP contribution in [0.15, 0.2) is 47.4 Å². The van der Waals surface area contributed by atoms with Gasteiger partial charge >= 0.3 is 0 Å². The molecule has 0 bridgehead atoms. The van der Waals surface area contributed by atoms with E-state index in [1.807, 2.05) is 6.92 Å². The van der Waals surface area contributed by atoms with Crippen molar-refractivity contribution in [2.24, 2.45) is 0 Å². The van der Waals surface area contributed by atoms with Gasteiger partial charge in [0.05, 0.1) is 4.90 Å². The molecule has 24 heavy (non-hydrogen) atoms. The van der Waals surface area contributed by atoms with Crippen molar-refractivity contribution in [2.75, 3.05) is 13.1 Å². The second-order valence-electron chi connectivity index (χ2n) is 5.10. The van der Waals surface area contributed by atoms with Crippen molar-refractivity contribution in [1.82, 2.24) is 10.0 Å². The van der Waals surface area contributed by atoms with Crippen LogP contribution in [0, 0.1) is 18.6 Å². The molecular formula is C16H16F2N2O3S. The molecule has 0 aliphatic carbocycles. The highest BCUT2D eigenvalue weighted by Crippen LogP contribution is 2.10. The number of halogens is 2. The molecule has 0 aliphatic heterocycles. The number of nitrogens with one attached hydrogen (secondary N) is 2. The number of sulfonamides is 1. The van der Waals surface area contributed by atoms with Gasteiger partial charge in [-0.05, 0) is 37.3 Å². The summed E-state index contributed by atoms with van der Waals surface area (Å²) in [4.78, 5) is 11.9. The Morgan fingerprint density at radius 2 is 1.67 bits per heavy atom. The second-order valence-corrected chi connectivity index (χ2v) is 6.86. The van der Waals surface area contributed by atoms with Gasteiger partial charge in [-0.3, -0.25) is 4.79 Å². The summed E-state index contributed by atoms with van der Waals surface area (Å²) in [5, 5.41) is 2.42. The fourth-order valence-electron chi connectivity index (χ4n) is 1.90. The highest BCUT2D eigenvalue weighted by atomic mass is 32.2. The minimum absolute atomic E-state index is 0.00290. The standard InChI is InChI=1S/C16H16F2N2O3S/c1-11-2-5-13(6-3-11)24(22,23)20-9-8-19-16(21)12-4-7-14(17)15(18)10-12/h2-7,10,20H,8-9H2,1H3,(H,19,21). The average Bonchev–Trinajstić information content (AvgIpc) is 2.54. The Labute approximate surface area is 138 Å². The third-order valence-corrected chi connectivity index (χ3v) is 4.69. The Morgan fingerprint density at radius 1 is 1.00 bits per heavy atom. The van der Waals surface area contributed by atoms with Crippen molar-refractivity contribution in [1.29, 1.82) is 0 Å². The number of benzene rings is 2. The van der Waals surface area contributed by atoms with Crippen molar-refractivity contribution < 1.29 is 22.0 Å². The lowest BCUT2D eigenvalue weighted by Gasteiger charge is -2.08. The van der Waals surface area contributed by atoms with Gasteiger partial charge in [0.25, 0.3) is 5.91 Å². The minimum atomic E-state index is -3.66. The maximum Gasteiger partial charge on any atom is 0.251 e. The lowest BCUT2D eigenvalue weighted by atomic mass is 10.2. The summed E-state index contributed by atoms with van der Waals surface area (Å²) < 4.78 is 52.3. The molecule has 1 amide bonds. The van der Waals surface area contributed by atoms with Crippen molar-refractivity contribution >= 4 is 15.9 Å². The Bertz CT molecular complexity index is 837. The fourth-order valence-corrected chi connectivity index (χ4v) is 2.93. The van der Waals surface area contributed by atoms with Crippen LogP contribution in [-0.4, -0.2) is 27.4 Å². The Balaban J connectivity index is 1.86. The molecule has 0 saturated carbocycles. The molecular weight excluding hydrogens is 338 g/mol. The number of aryl methyl sites for hydroxylation is 1. The van der Waals surface area contributed by atoms with Gasteiger partial charge in [0, 0.05) is 18.7 Å². The number of amides is 1. The van der Waals surface area contributed by atoms with E-state index in [2.05, 4.69) is 10.0 Å². The molecule has 5 nitrogen and oxygen atoms in total. The van der Waals surface area contributed by atoms with Crippen LogP contribution in [0.25, 0.3) is 0 Å². The van der Waals surface area contributed by atoms with E-state index < -0.39 is 27.6 Å². The zero-order valence-corrected chi connectivity index (χ0v) is 13.7. The van der Waals surface area contributed by atoms with Crippen LogP contribution in [0.3, 0.4) is 0 Å². The third-order valence-electron chi connectivity index (χ3n) is 3.22. The normalized spacial score (nSPS) is 11.3. The summed E-state index contributed by atoms with van der Waals surface area (Å²) in [5.74, 6) is -2.79. The molecule has 0 saturated heterocycles. The molecule has 0 spiro atoms. The predicted molar refractivity (Wildman–Crippen MR) is 85.1 cm³/mol. The minimum Gasteiger partial charge on any atom is -0.351 e. The smallest absolute Gasteiger partial charge is 0.251 e. The maximum absolute atomic E-state index is 13.1. The number of hydrogen-bond acceptors (Lipinski definition) is 3. The monoisotopic (exact) mass is 354 g/mol. The Morgan fingerprint density at radius 3 is 2.29 bits per heavy atom. The first-order valence-corrected chi connectivity index (χ1v) is 8.57. The molecule has 0 fully saturated rings. The summed E-state index contributed by atoms with van der Waals surface area (Å²) in [6, 6.07) is 9.10. The van der Waals surface area contributed by atoms with Crippen molar-refractivity contribution in [3.8, 4) is 0 Å². The predicted octanol–water partition coefficient (Wildman–Crippen LogP) is 1.98. The van der Waals surface area contributed by atoms with Crippen LogP contribution in [0.5, 0.6) is 0 Å². The SMILES string of the molecule is Cc1ccc(S(=O)(=O)NCCNC(=O)c2ccc(F)c(F)c2)cc1. The van der Waals surface area contributed by atoms with Crippen LogP contribution >= 0.6 is 0 Å². The third kappa shape index (κ3) is 4.59. The van der Waals surface area contributed by atoms with Crippen LogP contribution in [0.4, 0.5) is 8.78 Å². The molecule has 0 aromatic heterocycles. The van der Waals surface area contributed by atoms with E-state index in [0.29, 0.717) is 0 Å². The summed E-state index contributed by atoms with van der Waals surface area (Å²) in [6.45, 7) is 1.81. The van der Waals surface area contributed by atoms with Gasteiger partial charge < -0.3 is 5.32 Å². The first-order valence-electron chi connectivity index (χ1n) is 7.09. The van der Waals surface area contributed by atoms with Gasteiger partial charge in [-0.15, -0.1) is 0 Å². The van der Waals surface area contributed by atoms with Crippen LogP contribution in [0.1, 0.15) is 15.9 Å². The van der Waals surface area contributed by atoms with Crippen molar-refractivity contribution in [3.63, 3.8) is 0 Å². The van der Waals surface area contributed by atoms with Crippen LogP contribution < -0.4 is 10.0 Å². The van der Waals surface area contributed by atoms with E-state index >= 15 is 0 Å². The molecule has 0 aliphatic rings. The highest BCUT2D eigenvalue weighted by molar-refractivity contribution is 7.89. The lowest BCUT2D eigenvalue weighted by molar-refractivity contribution is 0.0953. The second kappa shape index (κ2) is 7.50. The van der Waals surface area contributed by atoms with Crippen molar-refractivity contribution in [3.05, 3.63) is 65.2 Å². The first kappa shape index (κ1) is 18.0. The number of carbonyl (C=O) groups is 1. The molecule has 0 unspecified atom stereocenters. The molecule has 2 N–H and O–H groups in total. The Hall–Kier alpha value is -2.32. The van der Waals surface area contributed by atoms with E-state index in [4.69, 9.17) is 0 Å². The fraction of sp³-hybridized carbons (Fsp3) is 0.188. The quantitative estimate of drug-likeness (QED) is 0.779. The topological polar surface area (TPSA) is 75.3 Å². The van der Waals surface area contributed by atoms with Gasteiger partial charge in [-0.1, -0.05) is 17.7 Å². The maximum atomic E-state index is 13.1. The lowest BCUT2D eigenvalue weighted by Crippen LogP contribution is -2.34. The zero-order valence-electron chi connectivity index (χ0n) is 12.8. The van der Waals surface area contributed by atoms with Gasteiger partial charge in [0.1, 0.15) is 0 Å². The van der Waals surface area contributed by atoms with Crippen molar-refractivity contribution in [2.45, 2.75) is 11.8 Å². The largest absolute Gasteiger partial charge is 0.351 e. The van der Waals surface area contributed by atoms with E-state index in [9.17, 15) is 22.0 Å². The molecule has 0 radical (unpaired) electrons. The van der Waals surface area contributed by atoms with Gasteiger partial charge in [-0.25, -0.2) is 21.9 Å². The number of rotatable bonds is 6. The summed E-state index contributed by atoms with van der Waals surface area (Å²) >= 11 is 0. The summed E-state index contributed by atoms with van der Waals surface area (Å²) in [7, 11) is -3.66. The van der Waals surface area contributed by atoms with Crippen LogP contribution in [0.2, 0.25) is 0 Å². The van der Waals surface area contributed by atoms with E-state index in [1.54, 1.807) is 12.1 Å². The molecule has 2 aromatic carbocycles. The molecule has 8 heteroatoms. The number of hydrogen-bond donors (Lipinski definition) is 2. The average molecular weight is 354 g/mol. The molecule has 128 valence electrons. The van der Waals surface area contributed by atoms with Gasteiger partial charge in [0.15, 0.2) is 11.6 Å². The van der Waals surface area contributed by atoms with E-state index in [0.717, 1.165) is 23.8 Å². The van der Waals surface area contributed by atoms with Crippen LogP contribution in [-0.2, 0) is 10.0 Å². The molecule has 2 rings (SSSR count). The summed E-state index contributed by atoms with van der Waals surface area (Å²) in [5.41, 5.74) is 0.892. The molecule has 2 aromatic rings. The van der Waals surface area contributed by atoms with E-state index in [1.165, 1.54) is 12.1 Å².